The highest BCUT2D eigenvalue weighted by molar-refractivity contribution is 6.31. The van der Waals surface area contributed by atoms with E-state index in [-0.39, 0.29) is 23.4 Å². The first kappa shape index (κ1) is 26.5. The average Bonchev–Trinajstić information content (AvgIpc) is 2.77. The van der Waals surface area contributed by atoms with Crippen LogP contribution in [-0.4, -0.2) is 22.1 Å². The zero-order chi connectivity index (χ0) is 26.0. The van der Waals surface area contributed by atoms with Gasteiger partial charge >= 0.3 is 0 Å². The smallest absolute Gasteiger partial charge is 0.298 e. The Bertz CT molecular complexity index is 1210. The van der Waals surface area contributed by atoms with Crippen molar-refractivity contribution >= 4 is 23.2 Å². The molecule has 0 spiro atoms. The van der Waals surface area contributed by atoms with Gasteiger partial charge in [0.25, 0.3) is 5.92 Å². The zero-order valence-corrected chi connectivity index (χ0v) is 20.5. The molecule has 0 saturated carbocycles. The molecule has 0 aliphatic carbocycles. The first-order valence-corrected chi connectivity index (χ1v) is 11.2. The van der Waals surface area contributed by atoms with Crippen molar-refractivity contribution < 1.29 is 27.8 Å². The highest BCUT2D eigenvalue weighted by Gasteiger charge is 2.37. The van der Waals surface area contributed by atoms with Gasteiger partial charge in [0.15, 0.2) is 11.6 Å². The minimum atomic E-state index is -3.39. The summed E-state index contributed by atoms with van der Waals surface area (Å²) in [6.07, 6.45) is -1.94. The number of carbonyl (C=O) groups excluding carboxylic acids is 1. The number of hydrogen-bond acceptors (Lipinski definition) is 4. The Labute approximate surface area is 206 Å². The Hall–Kier alpha value is -3.10. The number of aromatic nitrogens is 1. The van der Waals surface area contributed by atoms with Crippen molar-refractivity contribution in [2.24, 2.45) is 0 Å². The Balaban J connectivity index is 1.67. The number of rotatable bonds is 8. The quantitative estimate of drug-likeness (QED) is 0.384. The van der Waals surface area contributed by atoms with Gasteiger partial charge in [0.05, 0.1) is 11.4 Å². The number of pyridine rings is 1. The number of alkyl halides is 2. The second-order valence-corrected chi connectivity index (χ2v) is 9.17. The van der Waals surface area contributed by atoms with E-state index in [0.717, 1.165) is 30.8 Å². The second-order valence-electron chi connectivity index (χ2n) is 8.76. The molecule has 9 heteroatoms. The molecule has 3 aromatic rings. The highest BCUT2D eigenvalue weighted by atomic mass is 35.5. The number of carbonyl (C=O) groups is 1. The number of nitrogens with zero attached hydrogens (tertiary/aromatic N) is 1. The van der Waals surface area contributed by atoms with E-state index in [4.69, 9.17) is 16.3 Å². The SMILES string of the molecule is Cc1ccc(Cl)c(C(C)(C)Oc2ccc(NC(=O)Cc3ccc(C(F)(F)C(C)O)cc3)cc2F)n1. The number of hydrogen-bond donors (Lipinski definition) is 2. The molecule has 0 bridgehead atoms. The lowest BCUT2D eigenvalue weighted by Gasteiger charge is -2.27. The van der Waals surface area contributed by atoms with Gasteiger partial charge in [-0.25, -0.2) is 4.39 Å². The molecule has 0 aliphatic rings. The molecular weight excluding hydrogens is 481 g/mol. The maximum atomic E-state index is 14.8. The number of aliphatic hydroxyl groups is 1. The third-order valence-electron chi connectivity index (χ3n) is 5.36. The van der Waals surface area contributed by atoms with Crippen LogP contribution in [0.4, 0.5) is 18.9 Å². The number of benzene rings is 2. The average molecular weight is 507 g/mol. The molecule has 2 aromatic carbocycles. The monoisotopic (exact) mass is 506 g/mol. The van der Waals surface area contributed by atoms with Crippen LogP contribution < -0.4 is 10.1 Å². The number of ether oxygens (including phenoxy) is 1. The van der Waals surface area contributed by atoms with Crippen LogP contribution in [0.3, 0.4) is 0 Å². The summed E-state index contributed by atoms with van der Waals surface area (Å²) in [4.78, 5) is 16.8. The van der Waals surface area contributed by atoms with E-state index >= 15 is 0 Å². The first-order chi connectivity index (χ1) is 16.3. The lowest BCUT2D eigenvalue weighted by Crippen LogP contribution is -2.28. The maximum Gasteiger partial charge on any atom is 0.298 e. The van der Waals surface area contributed by atoms with E-state index in [2.05, 4.69) is 10.3 Å². The van der Waals surface area contributed by atoms with Crippen molar-refractivity contribution in [2.45, 2.75) is 51.7 Å². The van der Waals surface area contributed by atoms with Gasteiger partial charge in [-0.05, 0) is 57.5 Å². The van der Waals surface area contributed by atoms with Crippen LogP contribution >= 0.6 is 11.6 Å². The van der Waals surface area contributed by atoms with Crippen LogP contribution in [0.5, 0.6) is 5.75 Å². The van der Waals surface area contributed by atoms with E-state index in [9.17, 15) is 23.1 Å². The van der Waals surface area contributed by atoms with Crippen molar-refractivity contribution in [1.82, 2.24) is 4.98 Å². The van der Waals surface area contributed by atoms with Crippen molar-refractivity contribution in [3.05, 3.63) is 88.0 Å². The number of nitrogens with one attached hydrogen (secondary N) is 1. The molecule has 5 nitrogen and oxygen atoms in total. The van der Waals surface area contributed by atoms with Crippen LogP contribution in [0.15, 0.2) is 54.6 Å². The third kappa shape index (κ3) is 6.32. The van der Waals surface area contributed by atoms with Crippen LogP contribution in [-0.2, 0) is 22.7 Å². The lowest BCUT2D eigenvalue weighted by atomic mass is 10.0. The van der Waals surface area contributed by atoms with Crippen molar-refractivity contribution in [2.75, 3.05) is 5.32 Å². The van der Waals surface area contributed by atoms with Gasteiger partial charge in [-0.2, -0.15) is 8.78 Å². The zero-order valence-electron chi connectivity index (χ0n) is 19.7. The molecule has 1 aromatic heterocycles. The topological polar surface area (TPSA) is 71.5 Å². The van der Waals surface area contributed by atoms with Gasteiger partial charge in [-0.15, -0.1) is 0 Å². The summed E-state index contributed by atoms with van der Waals surface area (Å²) < 4.78 is 48.4. The highest BCUT2D eigenvalue weighted by Crippen LogP contribution is 2.34. The molecule has 0 aliphatic heterocycles. The summed E-state index contributed by atoms with van der Waals surface area (Å²) in [6, 6.07) is 12.6. The number of aliphatic hydroxyl groups excluding tert-OH is 1. The summed E-state index contributed by atoms with van der Waals surface area (Å²) in [7, 11) is 0. The minimum absolute atomic E-state index is 0.0398. The van der Waals surface area contributed by atoms with Crippen LogP contribution in [0.25, 0.3) is 0 Å². The summed E-state index contributed by atoms with van der Waals surface area (Å²) in [5, 5.41) is 12.2. The predicted octanol–water partition coefficient (Wildman–Crippen LogP) is 6.15. The summed E-state index contributed by atoms with van der Waals surface area (Å²) >= 11 is 6.25. The molecule has 2 N–H and O–H groups in total. The van der Waals surface area contributed by atoms with Gasteiger partial charge in [0.1, 0.15) is 17.4 Å². The Kier molecular flexibility index (Phi) is 7.77. The van der Waals surface area contributed by atoms with Crippen LogP contribution in [0.1, 0.15) is 43.3 Å². The molecule has 0 radical (unpaired) electrons. The molecule has 3 rings (SSSR count). The van der Waals surface area contributed by atoms with Gasteiger partial charge in [0.2, 0.25) is 5.91 Å². The first-order valence-electron chi connectivity index (χ1n) is 10.9. The number of anilines is 1. The normalized spacial score (nSPS) is 12.8. The minimum Gasteiger partial charge on any atom is -0.478 e. The lowest BCUT2D eigenvalue weighted by molar-refractivity contribution is -0.115. The van der Waals surface area contributed by atoms with Crippen molar-refractivity contribution in [3.63, 3.8) is 0 Å². The second kappa shape index (κ2) is 10.3. The fourth-order valence-corrected chi connectivity index (χ4v) is 3.76. The van der Waals surface area contributed by atoms with E-state index in [1.165, 1.54) is 24.3 Å². The van der Waals surface area contributed by atoms with E-state index in [0.29, 0.717) is 16.3 Å². The van der Waals surface area contributed by atoms with Gasteiger partial charge in [-0.1, -0.05) is 35.9 Å². The Morgan fingerprint density at radius 2 is 1.80 bits per heavy atom. The number of amides is 1. The molecule has 1 unspecified atom stereocenters. The molecule has 0 fully saturated rings. The van der Waals surface area contributed by atoms with Gasteiger partial charge in [0, 0.05) is 23.0 Å². The van der Waals surface area contributed by atoms with Crippen molar-refractivity contribution in [3.8, 4) is 5.75 Å². The maximum absolute atomic E-state index is 14.8. The summed E-state index contributed by atoms with van der Waals surface area (Å²) in [6.45, 7) is 6.26. The van der Waals surface area contributed by atoms with E-state index in [1.807, 2.05) is 6.92 Å². The molecule has 0 saturated heterocycles. The van der Waals surface area contributed by atoms with E-state index in [1.54, 1.807) is 26.0 Å². The largest absolute Gasteiger partial charge is 0.478 e. The molecule has 35 heavy (non-hydrogen) atoms. The Morgan fingerprint density at radius 1 is 1.14 bits per heavy atom. The van der Waals surface area contributed by atoms with Crippen molar-refractivity contribution in [1.29, 1.82) is 0 Å². The third-order valence-corrected chi connectivity index (χ3v) is 5.67. The van der Waals surface area contributed by atoms with Gasteiger partial charge in [-0.3, -0.25) is 9.78 Å². The predicted molar refractivity (Wildman–Crippen MR) is 128 cm³/mol. The molecule has 1 amide bonds. The molecular formula is C26H26ClF3N2O3. The standard InChI is InChI=1S/C26H26ClF3N2O3/c1-15-5-11-20(27)24(31-15)25(3,4)35-22-12-10-19(14-21(22)28)32-23(34)13-17-6-8-18(9-7-17)26(29,30)16(2)33/h5-12,14,16,33H,13H2,1-4H3,(H,32,34). The summed E-state index contributed by atoms with van der Waals surface area (Å²) in [5.41, 5.74) is 0.531. The molecule has 1 heterocycles. The fraction of sp³-hybridized carbons (Fsp3) is 0.308. The molecule has 1 atom stereocenters. The summed E-state index contributed by atoms with van der Waals surface area (Å²) in [5.74, 6) is -4.58. The molecule has 186 valence electrons. The fourth-order valence-electron chi connectivity index (χ4n) is 3.42. The number of aryl methyl sites for hydroxylation is 1. The van der Waals surface area contributed by atoms with Crippen LogP contribution in [0, 0.1) is 12.7 Å². The van der Waals surface area contributed by atoms with Crippen LogP contribution in [0.2, 0.25) is 5.02 Å². The van der Waals surface area contributed by atoms with E-state index < -0.39 is 29.4 Å². The van der Waals surface area contributed by atoms with Gasteiger partial charge < -0.3 is 15.2 Å². The number of halogens is 4. The Morgan fingerprint density at radius 3 is 2.40 bits per heavy atom.